The number of carbonyl (C=O) groups is 1. The zero-order chi connectivity index (χ0) is 17.5. The van der Waals surface area contributed by atoms with Crippen LogP contribution in [0.15, 0.2) is 36.7 Å². The van der Waals surface area contributed by atoms with E-state index in [1.165, 1.54) is 31.9 Å². The highest BCUT2D eigenvalue weighted by Gasteiger charge is 2.16. The molecule has 1 heterocycles. The Bertz CT molecular complexity index is 678. The number of benzene rings is 1. The Kier molecular flexibility index (Phi) is 5.82. The van der Waals surface area contributed by atoms with Crippen molar-refractivity contribution in [2.45, 2.75) is 44.6 Å². The molecule has 0 spiro atoms. The van der Waals surface area contributed by atoms with Gasteiger partial charge in [-0.25, -0.2) is 9.97 Å². The number of hydrogen-bond acceptors (Lipinski definition) is 5. The van der Waals surface area contributed by atoms with Gasteiger partial charge >= 0.3 is 0 Å². The molecule has 0 bridgehead atoms. The maximum atomic E-state index is 12.3. The van der Waals surface area contributed by atoms with Gasteiger partial charge in [-0.1, -0.05) is 25.7 Å². The molecule has 0 atom stereocenters. The Labute approximate surface area is 148 Å². The van der Waals surface area contributed by atoms with E-state index in [1.54, 1.807) is 13.3 Å². The van der Waals surface area contributed by atoms with Gasteiger partial charge in [-0.2, -0.15) is 0 Å². The molecular formula is C19H24N4O2. The van der Waals surface area contributed by atoms with Crippen molar-refractivity contribution in [3.8, 4) is 5.75 Å². The molecule has 1 aliphatic rings. The van der Waals surface area contributed by atoms with Gasteiger partial charge in [0.05, 0.1) is 19.5 Å². The summed E-state index contributed by atoms with van der Waals surface area (Å²) in [6.07, 6.45) is 10.1. The molecule has 6 heteroatoms. The van der Waals surface area contributed by atoms with Crippen molar-refractivity contribution in [2.75, 3.05) is 12.4 Å². The topological polar surface area (TPSA) is 76.1 Å². The second kappa shape index (κ2) is 8.46. The van der Waals surface area contributed by atoms with Crippen molar-refractivity contribution >= 4 is 17.4 Å². The Balaban J connectivity index is 1.57. The molecule has 3 rings (SSSR count). The van der Waals surface area contributed by atoms with E-state index in [0.29, 0.717) is 11.5 Å². The highest BCUT2D eigenvalue weighted by atomic mass is 16.5. The summed E-state index contributed by atoms with van der Waals surface area (Å²) in [5.41, 5.74) is 1.23. The molecule has 0 aliphatic heterocycles. The van der Waals surface area contributed by atoms with E-state index in [2.05, 4.69) is 20.6 Å². The Morgan fingerprint density at radius 1 is 1.04 bits per heavy atom. The van der Waals surface area contributed by atoms with Crippen molar-refractivity contribution in [1.29, 1.82) is 0 Å². The van der Waals surface area contributed by atoms with Crippen LogP contribution in [0.3, 0.4) is 0 Å². The summed E-state index contributed by atoms with van der Waals surface area (Å²) in [5.74, 6) is 1.24. The molecule has 2 aromatic rings. The largest absolute Gasteiger partial charge is 0.497 e. The fourth-order valence-electron chi connectivity index (χ4n) is 3.02. The minimum atomic E-state index is -0.143. The molecule has 25 heavy (non-hydrogen) atoms. The number of nitrogens with one attached hydrogen (secondary N) is 2. The van der Waals surface area contributed by atoms with E-state index in [1.807, 2.05) is 24.3 Å². The number of hydrogen-bond donors (Lipinski definition) is 2. The normalized spacial score (nSPS) is 15.2. The van der Waals surface area contributed by atoms with Gasteiger partial charge in [-0.05, 0) is 37.1 Å². The van der Waals surface area contributed by atoms with Gasteiger partial charge < -0.3 is 15.4 Å². The summed E-state index contributed by atoms with van der Waals surface area (Å²) in [6.45, 7) is 0. The Morgan fingerprint density at radius 2 is 1.76 bits per heavy atom. The van der Waals surface area contributed by atoms with Gasteiger partial charge in [0, 0.05) is 11.7 Å². The molecule has 6 nitrogen and oxygen atoms in total. The van der Waals surface area contributed by atoms with Crippen LogP contribution < -0.4 is 15.4 Å². The second-order valence-corrected chi connectivity index (χ2v) is 6.30. The van der Waals surface area contributed by atoms with Crippen LogP contribution in [0.5, 0.6) is 5.75 Å². The zero-order valence-corrected chi connectivity index (χ0v) is 14.5. The number of nitrogens with zero attached hydrogens (tertiary/aromatic N) is 2. The lowest BCUT2D eigenvalue weighted by Gasteiger charge is -2.15. The predicted molar refractivity (Wildman–Crippen MR) is 97.3 cm³/mol. The third-order valence-electron chi connectivity index (χ3n) is 4.44. The van der Waals surface area contributed by atoms with E-state index in [4.69, 9.17) is 4.74 Å². The number of carbonyl (C=O) groups excluding carboxylic acids is 1. The van der Waals surface area contributed by atoms with E-state index < -0.39 is 0 Å². The highest BCUT2D eigenvalue weighted by molar-refractivity contribution is 5.92. The fraction of sp³-hybridized carbons (Fsp3) is 0.421. The lowest BCUT2D eigenvalue weighted by Crippen LogP contribution is -2.34. The average Bonchev–Trinajstić information content (AvgIpc) is 2.91. The van der Waals surface area contributed by atoms with Crippen molar-refractivity contribution < 1.29 is 9.53 Å². The number of ether oxygens (including phenoxy) is 1. The average molecular weight is 340 g/mol. The van der Waals surface area contributed by atoms with Gasteiger partial charge in [-0.15, -0.1) is 0 Å². The minimum Gasteiger partial charge on any atom is -0.497 e. The lowest BCUT2D eigenvalue weighted by atomic mass is 10.1. The molecule has 1 aromatic carbocycles. The SMILES string of the molecule is COc1ccc(Nc2cnc(C(=O)NC3CCCCCC3)cn2)cc1. The quantitative estimate of drug-likeness (QED) is 0.812. The standard InChI is InChI=1S/C19H24N4O2/c1-25-16-10-8-15(9-11-16)22-18-13-20-17(12-21-18)19(24)23-14-6-4-2-3-5-7-14/h8-14H,2-7H2,1H3,(H,21,22)(H,23,24). The maximum Gasteiger partial charge on any atom is 0.271 e. The molecule has 0 unspecified atom stereocenters. The number of aromatic nitrogens is 2. The van der Waals surface area contributed by atoms with Crippen LogP contribution in [0.2, 0.25) is 0 Å². The summed E-state index contributed by atoms with van der Waals surface area (Å²) >= 11 is 0. The number of anilines is 2. The van der Waals surface area contributed by atoms with Crippen molar-refractivity contribution in [1.82, 2.24) is 15.3 Å². The molecule has 0 saturated heterocycles. The first-order valence-electron chi connectivity index (χ1n) is 8.78. The van der Waals surface area contributed by atoms with Crippen LogP contribution in [0.25, 0.3) is 0 Å². The fourth-order valence-corrected chi connectivity index (χ4v) is 3.02. The number of methoxy groups -OCH3 is 1. The number of amides is 1. The second-order valence-electron chi connectivity index (χ2n) is 6.30. The number of rotatable bonds is 5. The van der Waals surface area contributed by atoms with Gasteiger partial charge in [0.15, 0.2) is 0 Å². The van der Waals surface area contributed by atoms with E-state index in [9.17, 15) is 4.79 Å². The maximum absolute atomic E-state index is 12.3. The third-order valence-corrected chi connectivity index (χ3v) is 4.44. The summed E-state index contributed by atoms with van der Waals surface area (Å²) in [4.78, 5) is 20.8. The van der Waals surface area contributed by atoms with Gasteiger partial charge in [0.2, 0.25) is 0 Å². The van der Waals surface area contributed by atoms with Crippen molar-refractivity contribution in [3.63, 3.8) is 0 Å². The summed E-state index contributed by atoms with van der Waals surface area (Å²) in [6, 6.07) is 7.78. The van der Waals surface area contributed by atoms with Crippen LogP contribution in [0, 0.1) is 0 Å². The summed E-state index contributed by atoms with van der Waals surface area (Å²) < 4.78 is 5.13. The molecule has 1 fully saturated rings. The first-order valence-corrected chi connectivity index (χ1v) is 8.78. The predicted octanol–water partition coefficient (Wildman–Crippen LogP) is 3.68. The van der Waals surface area contributed by atoms with Crippen LogP contribution in [0.1, 0.15) is 49.0 Å². The van der Waals surface area contributed by atoms with Crippen LogP contribution >= 0.6 is 0 Å². The Hall–Kier alpha value is -2.63. The van der Waals surface area contributed by atoms with Gasteiger partial charge in [0.25, 0.3) is 5.91 Å². The molecule has 1 aromatic heterocycles. The van der Waals surface area contributed by atoms with Crippen LogP contribution in [-0.4, -0.2) is 29.0 Å². The smallest absolute Gasteiger partial charge is 0.271 e. The molecule has 2 N–H and O–H groups in total. The highest BCUT2D eigenvalue weighted by Crippen LogP contribution is 2.19. The lowest BCUT2D eigenvalue weighted by molar-refractivity contribution is 0.0928. The van der Waals surface area contributed by atoms with Gasteiger partial charge in [-0.3, -0.25) is 4.79 Å². The van der Waals surface area contributed by atoms with E-state index in [0.717, 1.165) is 24.3 Å². The van der Waals surface area contributed by atoms with Gasteiger partial charge in [0.1, 0.15) is 17.3 Å². The molecule has 132 valence electrons. The van der Waals surface area contributed by atoms with Crippen LogP contribution in [-0.2, 0) is 0 Å². The first-order chi connectivity index (χ1) is 12.2. The molecule has 1 aliphatic carbocycles. The molecule has 0 radical (unpaired) electrons. The Morgan fingerprint density at radius 3 is 2.36 bits per heavy atom. The molecule has 1 amide bonds. The van der Waals surface area contributed by atoms with Crippen molar-refractivity contribution in [2.24, 2.45) is 0 Å². The third kappa shape index (κ3) is 4.92. The summed E-state index contributed by atoms with van der Waals surface area (Å²) in [7, 11) is 1.63. The minimum absolute atomic E-state index is 0.143. The zero-order valence-electron chi connectivity index (χ0n) is 14.5. The van der Waals surface area contributed by atoms with E-state index >= 15 is 0 Å². The van der Waals surface area contributed by atoms with Crippen molar-refractivity contribution in [3.05, 3.63) is 42.4 Å². The summed E-state index contributed by atoms with van der Waals surface area (Å²) in [5, 5.41) is 6.23. The van der Waals surface area contributed by atoms with E-state index in [-0.39, 0.29) is 11.9 Å². The molecule has 1 saturated carbocycles. The first kappa shape index (κ1) is 17.2. The monoisotopic (exact) mass is 340 g/mol. The molecular weight excluding hydrogens is 316 g/mol. The van der Waals surface area contributed by atoms with Crippen LogP contribution in [0.4, 0.5) is 11.5 Å².